The van der Waals surface area contributed by atoms with Gasteiger partial charge in [0.1, 0.15) is 5.82 Å². The van der Waals surface area contributed by atoms with Gasteiger partial charge in [0.25, 0.3) is 0 Å². The summed E-state index contributed by atoms with van der Waals surface area (Å²) in [5.74, 6) is 1.40. The van der Waals surface area contributed by atoms with E-state index in [0.29, 0.717) is 12.5 Å². The van der Waals surface area contributed by atoms with Gasteiger partial charge in [-0.3, -0.25) is 4.98 Å². The Labute approximate surface area is 114 Å². The molecule has 0 bridgehead atoms. The summed E-state index contributed by atoms with van der Waals surface area (Å²) in [4.78, 5) is 12.5. The molecule has 0 aliphatic heterocycles. The summed E-state index contributed by atoms with van der Waals surface area (Å²) in [5, 5.41) is 6.34. The van der Waals surface area contributed by atoms with Crippen LogP contribution >= 0.6 is 15.9 Å². The monoisotopic (exact) mass is 307 g/mol. The second-order valence-corrected chi connectivity index (χ2v) is 4.48. The van der Waals surface area contributed by atoms with Crippen LogP contribution in [0, 0.1) is 0 Å². The second kappa shape index (κ2) is 6.30. The van der Waals surface area contributed by atoms with E-state index >= 15 is 0 Å². The highest BCUT2D eigenvalue weighted by molar-refractivity contribution is 9.10. The number of halogens is 1. The largest absolute Gasteiger partial charge is 0.365 e. The van der Waals surface area contributed by atoms with Gasteiger partial charge in [0, 0.05) is 31.7 Å². The standard InChI is InChI=1S/C12H14BrN5/c1-2-15-12-17-8-10(13)11(18-12)16-7-9-3-5-14-6-4-9/h3-6,8H,2,7H2,1H3,(H2,15,16,17,18). The third-order valence-electron chi connectivity index (χ3n) is 2.29. The van der Waals surface area contributed by atoms with E-state index in [1.165, 1.54) is 0 Å². The van der Waals surface area contributed by atoms with E-state index in [0.717, 1.165) is 22.4 Å². The van der Waals surface area contributed by atoms with E-state index in [2.05, 4.69) is 41.5 Å². The number of aromatic nitrogens is 3. The van der Waals surface area contributed by atoms with Crippen LogP contribution in [0.2, 0.25) is 0 Å². The first-order valence-electron chi connectivity index (χ1n) is 5.68. The molecule has 5 nitrogen and oxygen atoms in total. The van der Waals surface area contributed by atoms with E-state index in [-0.39, 0.29) is 0 Å². The highest BCUT2D eigenvalue weighted by atomic mass is 79.9. The molecule has 2 heterocycles. The molecule has 6 heteroatoms. The second-order valence-electron chi connectivity index (χ2n) is 3.63. The maximum absolute atomic E-state index is 4.38. The van der Waals surface area contributed by atoms with Crippen molar-refractivity contribution in [1.29, 1.82) is 0 Å². The smallest absolute Gasteiger partial charge is 0.224 e. The van der Waals surface area contributed by atoms with Gasteiger partial charge >= 0.3 is 0 Å². The first-order chi connectivity index (χ1) is 8.79. The Kier molecular flexibility index (Phi) is 4.46. The van der Waals surface area contributed by atoms with Crippen molar-refractivity contribution in [3.8, 4) is 0 Å². The highest BCUT2D eigenvalue weighted by Gasteiger charge is 2.04. The third-order valence-corrected chi connectivity index (χ3v) is 2.87. The Balaban J connectivity index is 2.06. The Morgan fingerprint density at radius 2 is 2.00 bits per heavy atom. The van der Waals surface area contributed by atoms with Crippen molar-refractivity contribution < 1.29 is 0 Å². The SMILES string of the molecule is CCNc1ncc(Br)c(NCc2ccncc2)n1. The molecule has 0 fully saturated rings. The number of hydrogen-bond acceptors (Lipinski definition) is 5. The maximum Gasteiger partial charge on any atom is 0.224 e. The lowest BCUT2D eigenvalue weighted by Crippen LogP contribution is -2.07. The van der Waals surface area contributed by atoms with Crippen molar-refractivity contribution in [2.75, 3.05) is 17.2 Å². The summed E-state index contributed by atoms with van der Waals surface area (Å²) >= 11 is 3.43. The van der Waals surface area contributed by atoms with Crippen molar-refractivity contribution in [2.24, 2.45) is 0 Å². The number of hydrogen-bond donors (Lipinski definition) is 2. The molecule has 0 aliphatic carbocycles. The molecule has 2 aromatic rings. The van der Waals surface area contributed by atoms with E-state index < -0.39 is 0 Å². The quantitative estimate of drug-likeness (QED) is 0.889. The zero-order valence-corrected chi connectivity index (χ0v) is 11.6. The van der Waals surface area contributed by atoms with Gasteiger partial charge in [-0.15, -0.1) is 0 Å². The first kappa shape index (κ1) is 12.8. The van der Waals surface area contributed by atoms with Gasteiger partial charge in [-0.2, -0.15) is 4.98 Å². The van der Waals surface area contributed by atoms with Gasteiger partial charge in [0.05, 0.1) is 4.47 Å². The van der Waals surface area contributed by atoms with Crippen LogP contribution in [0.4, 0.5) is 11.8 Å². The molecule has 0 amide bonds. The van der Waals surface area contributed by atoms with Crippen LogP contribution in [-0.4, -0.2) is 21.5 Å². The van der Waals surface area contributed by atoms with Crippen molar-refractivity contribution in [3.63, 3.8) is 0 Å². The summed E-state index contributed by atoms with van der Waals surface area (Å²) < 4.78 is 0.846. The molecule has 0 aliphatic rings. The lowest BCUT2D eigenvalue weighted by atomic mass is 10.3. The molecule has 2 rings (SSSR count). The van der Waals surface area contributed by atoms with Crippen LogP contribution < -0.4 is 10.6 Å². The predicted octanol–water partition coefficient (Wildman–Crippen LogP) is 2.68. The van der Waals surface area contributed by atoms with Crippen molar-refractivity contribution in [1.82, 2.24) is 15.0 Å². The average molecular weight is 308 g/mol. The summed E-state index contributed by atoms with van der Waals surface area (Å²) in [5.41, 5.74) is 1.15. The van der Waals surface area contributed by atoms with E-state index in [1.807, 2.05) is 19.1 Å². The van der Waals surface area contributed by atoms with Gasteiger partial charge in [0.2, 0.25) is 5.95 Å². The molecule has 0 unspecified atom stereocenters. The Morgan fingerprint density at radius 1 is 1.22 bits per heavy atom. The fourth-order valence-electron chi connectivity index (χ4n) is 1.42. The van der Waals surface area contributed by atoms with Crippen LogP contribution in [0.3, 0.4) is 0 Å². The number of anilines is 2. The van der Waals surface area contributed by atoms with Gasteiger partial charge in [-0.1, -0.05) is 0 Å². The normalized spacial score (nSPS) is 10.1. The number of pyridine rings is 1. The fraction of sp³-hybridized carbons (Fsp3) is 0.250. The molecule has 18 heavy (non-hydrogen) atoms. The van der Waals surface area contributed by atoms with E-state index in [4.69, 9.17) is 0 Å². The van der Waals surface area contributed by atoms with Crippen LogP contribution in [0.5, 0.6) is 0 Å². The molecule has 0 radical (unpaired) electrons. The number of rotatable bonds is 5. The minimum absolute atomic E-state index is 0.623. The minimum Gasteiger partial charge on any atom is -0.365 e. The summed E-state index contributed by atoms with van der Waals surface area (Å²) in [6.07, 6.45) is 5.28. The Bertz CT molecular complexity index is 503. The van der Waals surface area contributed by atoms with Gasteiger partial charge in [-0.25, -0.2) is 4.98 Å². The van der Waals surface area contributed by atoms with E-state index in [9.17, 15) is 0 Å². The molecular formula is C12H14BrN5. The van der Waals surface area contributed by atoms with Crippen molar-refractivity contribution >= 4 is 27.7 Å². The molecule has 2 aromatic heterocycles. The highest BCUT2D eigenvalue weighted by Crippen LogP contribution is 2.20. The molecular weight excluding hydrogens is 294 g/mol. The summed E-state index contributed by atoms with van der Waals surface area (Å²) in [6, 6.07) is 3.93. The maximum atomic E-state index is 4.38. The molecule has 0 atom stereocenters. The molecule has 0 spiro atoms. The fourth-order valence-corrected chi connectivity index (χ4v) is 1.75. The Hall–Kier alpha value is -1.69. The minimum atomic E-state index is 0.623. The van der Waals surface area contributed by atoms with Crippen molar-refractivity contribution in [3.05, 3.63) is 40.8 Å². The lowest BCUT2D eigenvalue weighted by molar-refractivity contribution is 1.04. The van der Waals surface area contributed by atoms with Crippen molar-refractivity contribution in [2.45, 2.75) is 13.5 Å². The topological polar surface area (TPSA) is 62.7 Å². The molecule has 2 N–H and O–H groups in total. The summed E-state index contributed by atoms with van der Waals surface area (Å²) in [7, 11) is 0. The van der Waals surface area contributed by atoms with Crippen LogP contribution in [0.25, 0.3) is 0 Å². The van der Waals surface area contributed by atoms with Crippen LogP contribution in [0.1, 0.15) is 12.5 Å². The predicted molar refractivity (Wildman–Crippen MR) is 75.5 cm³/mol. The molecule has 0 saturated carbocycles. The Morgan fingerprint density at radius 3 is 2.72 bits per heavy atom. The van der Waals surface area contributed by atoms with Gasteiger partial charge in [-0.05, 0) is 40.5 Å². The van der Waals surface area contributed by atoms with E-state index in [1.54, 1.807) is 18.6 Å². The van der Waals surface area contributed by atoms with Crippen LogP contribution in [0.15, 0.2) is 35.2 Å². The summed E-state index contributed by atoms with van der Waals surface area (Å²) in [6.45, 7) is 3.50. The molecule has 94 valence electrons. The van der Waals surface area contributed by atoms with Gasteiger partial charge < -0.3 is 10.6 Å². The molecule has 0 saturated heterocycles. The van der Waals surface area contributed by atoms with Gasteiger partial charge in [0.15, 0.2) is 0 Å². The average Bonchev–Trinajstić information content (AvgIpc) is 2.41. The zero-order chi connectivity index (χ0) is 12.8. The molecule has 0 aromatic carbocycles. The number of nitrogens with zero attached hydrogens (tertiary/aromatic N) is 3. The van der Waals surface area contributed by atoms with Crippen LogP contribution in [-0.2, 0) is 6.54 Å². The number of nitrogens with one attached hydrogen (secondary N) is 2. The first-order valence-corrected chi connectivity index (χ1v) is 6.48. The lowest BCUT2D eigenvalue weighted by Gasteiger charge is -2.09. The zero-order valence-electron chi connectivity index (χ0n) is 10.0. The third kappa shape index (κ3) is 3.40.